The van der Waals surface area contributed by atoms with Crippen molar-refractivity contribution in [1.82, 2.24) is 0 Å². The second kappa shape index (κ2) is 4.75. The minimum Gasteiger partial charge on any atom is -0.426 e. The van der Waals surface area contributed by atoms with Gasteiger partial charge in [-0.25, -0.2) is 0 Å². The van der Waals surface area contributed by atoms with E-state index in [-0.39, 0.29) is 17.3 Å². The lowest BCUT2D eigenvalue weighted by Crippen LogP contribution is -2.12. The molecule has 0 saturated heterocycles. The molecule has 18 heavy (non-hydrogen) atoms. The van der Waals surface area contributed by atoms with Gasteiger partial charge in [0.25, 0.3) is 0 Å². The van der Waals surface area contributed by atoms with E-state index in [1.165, 1.54) is 5.56 Å². The molecule has 0 fully saturated rings. The molecule has 1 atom stereocenters. The van der Waals surface area contributed by atoms with Gasteiger partial charge in [0.05, 0.1) is 5.92 Å². The van der Waals surface area contributed by atoms with Crippen LogP contribution in [0.25, 0.3) is 0 Å². The predicted octanol–water partition coefficient (Wildman–Crippen LogP) is 4.18. The first-order chi connectivity index (χ1) is 8.43. The van der Waals surface area contributed by atoms with Crippen molar-refractivity contribution in [1.29, 1.82) is 0 Å². The third-order valence-corrected chi connectivity index (χ3v) is 3.59. The molecule has 2 rings (SSSR count). The fraction of sp³-hybridized carbons (Fsp3) is 0.562. The van der Waals surface area contributed by atoms with Crippen molar-refractivity contribution in [2.75, 3.05) is 0 Å². The van der Waals surface area contributed by atoms with Gasteiger partial charge in [-0.05, 0) is 23.5 Å². The number of rotatable bonds is 3. The van der Waals surface area contributed by atoms with Crippen LogP contribution in [-0.2, 0) is 10.2 Å². The molecule has 0 radical (unpaired) electrons. The number of esters is 1. The second-order valence-electron chi connectivity index (χ2n) is 6.12. The smallest absolute Gasteiger partial charge is 0.318 e. The van der Waals surface area contributed by atoms with Crippen LogP contribution in [0.15, 0.2) is 18.2 Å². The molecule has 0 amide bonds. The van der Waals surface area contributed by atoms with Crippen LogP contribution in [0, 0.1) is 0 Å². The highest BCUT2D eigenvalue weighted by Gasteiger charge is 2.33. The van der Waals surface area contributed by atoms with Crippen LogP contribution >= 0.6 is 0 Å². The van der Waals surface area contributed by atoms with E-state index >= 15 is 0 Å². The van der Waals surface area contributed by atoms with Crippen LogP contribution in [0.2, 0.25) is 0 Å². The summed E-state index contributed by atoms with van der Waals surface area (Å²) in [6.45, 7) is 8.71. The summed E-state index contributed by atoms with van der Waals surface area (Å²) in [4.78, 5) is 11.9. The number of carbonyl (C=O) groups excluding carboxylic acids is 1. The van der Waals surface area contributed by atoms with Crippen LogP contribution in [0.1, 0.15) is 64.0 Å². The standard InChI is InChI=1S/C16H22O2/c1-5-6-7-12-13-10-11(16(2,3)4)8-9-14(13)18-15(12)17/h8-10,12H,5-7H2,1-4H3. The van der Waals surface area contributed by atoms with Crippen molar-refractivity contribution < 1.29 is 9.53 Å². The van der Waals surface area contributed by atoms with Crippen LogP contribution in [-0.4, -0.2) is 5.97 Å². The molecule has 0 spiro atoms. The maximum absolute atomic E-state index is 11.9. The Morgan fingerprint density at radius 2 is 2.00 bits per heavy atom. The van der Waals surface area contributed by atoms with Gasteiger partial charge >= 0.3 is 5.97 Å². The Morgan fingerprint density at radius 1 is 1.28 bits per heavy atom. The Labute approximate surface area is 109 Å². The van der Waals surface area contributed by atoms with Gasteiger partial charge in [0.15, 0.2) is 0 Å². The summed E-state index contributed by atoms with van der Waals surface area (Å²) in [7, 11) is 0. The lowest BCUT2D eigenvalue weighted by atomic mass is 9.84. The Hall–Kier alpha value is -1.31. The van der Waals surface area contributed by atoms with Gasteiger partial charge in [-0.15, -0.1) is 0 Å². The molecule has 1 aromatic carbocycles. The van der Waals surface area contributed by atoms with E-state index in [4.69, 9.17) is 4.74 Å². The molecule has 1 heterocycles. The van der Waals surface area contributed by atoms with E-state index in [9.17, 15) is 4.79 Å². The van der Waals surface area contributed by atoms with Crippen molar-refractivity contribution in [2.24, 2.45) is 0 Å². The molecule has 98 valence electrons. The number of benzene rings is 1. The highest BCUT2D eigenvalue weighted by atomic mass is 16.5. The van der Waals surface area contributed by atoms with Crippen LogP contribution in [0.3, 0.4) is 0 Å². The van der Waals surface area contributed by atoms with E-state index in [1.54, 1.807) is 0 Å². The molecule has 1 aromatic rings. The molecular formula is C16H22O2. The van der Waals surface area contributed by atoms with E-state index in [0.717, 1.165) is 30.6 Å². The van der Waals surface area contributed by atoms with Crippen molar-refractivity contribution in [3.8, 4) is 5.75 Å². The molecule has 0 aliphatic carbocycles. The van der Waals surface area contributed by atoms with E-state index in [2.05, 4.69) is 39.8 Å². The summed E-state index contributed by atoms with van der Waals surface area (Å²) in [5.74, 6) is 0.626. The van der Waals surface area contributed by atoms with Crippen LogP contribution < -0.4 is 4.74 Å². The van der Waals surface area contributed by atoms with E-state index < -0.39 is 0 Å². The third-order valence-electron chi connectivity index (χ3n) is 3.59. The quantitative estimate of drug-likeness (QED) is 0.591. The number of unbranched alkanes of at least 4 members (excludes halogenated alkanes) is 1. The van der Waals surface area contributed by atoms with Gasteiger partial charge in [0.1, 0.15) is 5.75 Å². The Balaban J connectivity index is 2.33. The highest BCUT2D eigenvalue weighted by Crippen LogP contribution is 2.40. The van der Waals surface area contributed by atoms with Gasteiger partial charge in [0.2, 0.25) is 0 Å². The molecule has 0 aromatic heterocycles. The molecule has 2 heteroatoms. The van der Waals surface area contributed by atoms with E-state index in [1.807, 2.05) is 6.07 Å². The lowest BCUT2D eigenvalue weighted by Gasteiger charge is -2.20. The summed E-state index contributed by atoms with van der Waals surface area (Å²) >= 11 is 0. The minimum atomic E-state index is -0.0792. The van der Waals surface area contributed by atoms with Crippen LogP contribution in [0.4, 0.5) is 0 Å². The predicted molar refractivity (Wildman–Crippen MR) is 73.0 cm³/mol. The topological polar surface area (TPSA) is 26.3 Å². The van der Waals surface area contributed by atoms with E-state index in [0.29, 0.717) is 0 Å². The Kier molecular flexibility index (Phi) is 3.47. The fourth-order valence-corrected chi connectivity index (χ4v) is 2.37. The minimum absolute atomic E-state index is 0.0535. The first kappa shape index (κ1) is 13.1. The Morgan fingerprint density at radius 3 is 2.61 bits per heavy atom. The normalized spacial score (nSPS) is 18.7. The van der Waals surface area contributed by atoms with Gasteiger partial charge in [-0.3, -0.25) is 4.79 Å². The molecule has 1 unspecified atom stereocenters. The molecule has 1 aliphatic rings. The van der Waals surface area contributed by atoms with Gasteiger partial charge in [0, 0.05) is 5.56 Å². The first-order valence-corrected chi connectivity index (χ1v) is 6.79. The summed E-state index contributed by atoms with van der Waals surface area (Å²) in [5.41, 5.74) is 2.46. The van der Waals surface area contributed by atoms with Crippen molar-refractivity contribution in [3.05, 3.63) is 29.3 Å². The fourth-order valence-electron chi connectivity index (χ4n) is 2.37. The monoisotopic (exact) mass is 246 g/mol. The van der Waals surface area contributed by atoms with Crippen molar-refractivity contribution >= 4 is 5.97 Å². The summed E-state index contributed by atoms with van der Waals surface area (Å²) in [6.07, 6.45) is 3.08. The maximum Gasteiger partial charge on any atom is 0.318 e. The number of ether oxygens (including phenoxy) is 1. The molecule has 1 aliphatic heterocycles. The molecule has 0 N–H and O–H groups in total. The summed E-state index contributed by atoms with van der Waals surface area (Å²) < 4.78 is 5.35. The lowest BCUT2D eigenvalue weighted by molar-refractivity contribution is -0.134. The third kappa shape index (κ3) is 2.43. The SMILES string of the molecule is CCCCC1C(=O)Oc2ccc(C(C)(C)C)cc21. The van der Waals surface area contributed by atoms with Crippen LogP contribution in [0.5, 0.6) is 5.75 Å². The average molecular weight is 246 g/mol. The molecule has 2 nitrogen and oxygen atoms in total. The zero-order valence-corrected chi connectivity index (χ0v) is 11.7. The first-order valence-electron chi connectivity index (χ1n) is 6.79. The van der Waals surface area contributed by atoms with Gasteiger partial charge in [-0.2, -0.15) is 0 Å². The zero-order valence-electron chi connectivity index (χ0n) is 11.7. The zero-order chi connectivity index (χ0) is 13.3. The number of fused-ring (bicyclic) bond motifs is 1. The summed E-state index contributed by atoms with van der Waals surface area (Å²) in [6, 6.07) is 6.16. The second-order valence-corrected chi connectivity index (χ2v) is 6.12. The van der Waals surface area contributed by atoms with Gasteiger partial charge < -0.3 is 4.74 Å². The molecular weight excluding hydrogens is 224 g/mol. The maximum atomic E-state index is 11.9. The highest BCUT2D eigenvalue weighted by molar-refractivity contribution is 5.86. The largest absolute Gasteiger partial charge is 0.426 e. The molecule has 0 saturated carbocycles. The number of hydrogen-bond donors (Lipinski definition) is 0. The van der Waals surface area contributed by atoms with Crippen molar-refractivity contribution in [2.45, 2.75) is 58.3 Å². The van der Waals surface area contributed by atoms with Gasteiger partial charge in [-0.1, -0.05) is 52.7 Å². The molecule has 0 bridgehead atoms. The summed E-state index contributed by atoms with van der Waals surface area (Å²) in [5, 5.41) is 0. The number of carbonyl (C=O) groups is 1. The number of hydrogen-bond acceptors (Lipinski definition) is 2. The average Bonchev–Trinajstić information content (AvgIpc) is 2.60. The van der Waals surface area contributed by atoms with Crippen molar-refractivity contribution in [3.63, 3.8) is 0 Å². The Bertz CT molecular complexity index is 455.